The molecule has 2 unspecified atom stereocenters. The monoisotopic (exact) mass is 635 g/mol. The fraction of sp³-hybridized carbons (Fsp3) is 0.567. The third-order valence-corrected chi connectivity index (χ3v) is 11.6. The summed E-state index contributed by atoms with van der Waals surface area (Å²) >= 11 is 0. The van der Waals surface area contributed by atoms with Crippen LogP contribution in [0.15, 0.2) is 64.4 Å². The van der Waals surface area contributed by atoms with Crippen molar-refractivity contribution in [2.75, 3.05) is 26.3 Å². The van der Waals surface area contributed by atoms with E-state index in [4.69, 9.17) is 14.6 Å². The molecule has 3 aliphatic rings. The van der Waals surface area contributed by atoms with Gasteiger partial charge in [0.15, 0.2) is 6.29 Å². The Morgan fingerprint density at radius 3 is 2.28 bits per heavy atom. The first-order valence-electron chi connectivity index (χ1n) is 14.7. The molecule has 2 heterocycles. The molecule has 7 atom stereocenters. The lowest BCUT2D eigenvalue weighted by Crippen LogP contribution is -2.51. The van der Waals surface area contributed by atoms with Crippen molar-refractivity contribution in [2.24, 2.45) is 34.7 Å². The van der Waals surface area contributed by atoms with Crippen LogP contribution in [-0.2, 0) is 40.7 Å². The van der Waals surface area contributed by atoms with Crippen LogP contribution >= 0.6 is 0 Å². The highest BCUT2D eigenvalue weighted by molar-refractivity contribution is 7.89. The van der Waals surface area contributed by atoms with E-state index < -0.39 is 32.2 Å². The van der Waals surface area contributed by atoms with Gasteiger partial charge in [-0.15, -0.1) is 0 Å². The molecule has 2 bridgehead atoms. The Bertz CT molecular complexity index is 1490. The van der Waals surface area contributed by atoms with Crippen molar-refractivity contribution in [3.05, 3.63) is 60.2 Å². The van der Waals surface area contributed by atoms with Gasteiger partial charge in [-0.05, 0) is 66.3 Å². The molecule has 13 heteroatoms. The summed E-state index contributed by atoms with van der Waals surface area (Å²) in [5.41, 5.74) is 0.890. The predicted molar refractivity (Wildman–Crippen MR) is 158 cm³/mol. The van der Waals surface area contributed by atoms with Crippen LogP contribution in [0.5, 0.6) is 0 Å². The molecule has 43 heavy (non-hydrogen) atoms. The Morgan fingerprint density at radius 1 is 0.977 bits per heavy atom. The molecule has 2 aromatic rings. The molecule has 2 saturated heterocycles. The van der Waals surface area contributed by atoms with E-state index in [0.29, 0.717) is 31.5 Å². The van der Waals surface area contributed by atoms with Gasteiger partial charge in [0.1, 0.15) is 0 Å². The van der Waals surface area contributed by atoms with Crippen LogP contribution in [0, 0.1) is 29.6 Å². The zero-order valence-corrected chi connectivity index (χ0v) is 26.0. The highest BCUT2D eigenvalue weighted by Crippen LogP contribution is 2.52. The summed E-state index contributed by atoms with van der Waals surface area (Å²) in [5.74, 6) is 0.743. The number of hydrogen-bond donors (Lipinski definition) is 3. The smallest absolute Gasteiger partial charge is 0.243 e. The van der Waals surface area contributed by atoms with Gasteiger partial charge in [0, 0.05) is 25.4 Å². The topological polar surface area (TPSA) is 165 Å². The Kier molecular flexibility index (Phi) is 9.62. The second kappa shape index (κ2) is 12.9. The van der Waals surface area contributed by atoms with Gasteiger partial charge in [-0.1, -0.05) is 44.2 Å². The number of aliphatic hydroxyl groups excluding tert-OH is 1. The number of amides is 1. The number of primary sulfonamides is 1. The molecule has 236 valence electrons. The van der Waals surface area contributed by atoms with E-state index in [1.807, 2.05) is 44.2 Å². The lowest BCUT2D eigenvalue weighted by molar-refractivity contribution is -0.165. The first-order valence-corrected chi connectivity index (χ1v) is 17.7. The molecule has 5 rings (SSSR count). The van der Waals surface area contributed by atoms with Crippen molar-refractivity contribution in [1.29, 1.82) is 0 Å². The Balaban J connectivity index is 1.34. The summed E-state index contributed by atoms with van der Waals surface area (Å²) in [6, 6.07) is 13.3. The second-order valence-corrected chi connectivity index (χ2v) is 15.9. The largest absolute Gasteiger partial charge is 0.390 e. The standard InChI is InChI=1S/C30H41N3O8S2/c1-19(2)15-33(43(38,39)23-10-8-22(9-11-23)42(31,36)37)16-28(34)27(12-20-6-4-3-5-7-20)32-29(35)14-24-21-13-25-26(24)18-41-30(25)40-17-21/h3-11,19,21,24-28,30,34H,12-18H2,1-2H3,(H,32,35)(H2,31,36,37)/t21?,24-,25?,26-,27-,28+,30-/m0/s1. The molecule has 3 fully saturated rings. The second-order valence-electron chi connectivity index (χ2n) is 12.4. The summed E-state index contributed by atoms with van der Waals surface area (Å²) < 4.78 is 63.6. The Hall–Kier alpha value is -2.39. The number of carbonyl (C=O) groups is 1. The van der Waals surface area contributed by atoms with Crippen LogP contribution in [0.4, 0.5) is 0 Å². The van der Waals surface area contributed by atoms with E-state index in [9.17, 15) is 26.7 Å². The molecule has 0 radical (unpaired) electrons. The average molecular weight is 636 g/mol. The summed E-state index contributed by atoms with van der Waals surface area (Å²) in [5, 5.41) is 19.7. The Morgan fingerprint density at radius 2 is 1.63 bits per heavy atom. The van der Waals surface area contributed by atoms with Gasteiger partial charge in [-0.2, -0.15) is 4.31 Å². The van der Waals surface area contributed by atoms with Gasteiger partial charge in [-0.3, -0.25) is 4.79 Å². The number of nitrogens with one attached hydrogen (secondary N) is 1. The number of rotatable bonds is 13. The molecule has 1 saturated carbocycles. The molecular weight excluding hydrogens is 594 g/mol. The predicted octanol–water partition coefficient (Wildman–Crippen LogP) is 1.71. The molecular formula is C30H41N3O8S2. The number of fused-ring (bicyclic) bond motifs is 1. The summed E-state index contributed by atoms with van der Waals surface area (Å²) in [7, 11) is -8.12. The van der Waals surface area contributed by atoms with Gasteiger partial charge in [-0.25, -0.2) is 22.0 Å². The van der Waals surface area contributed by atoms with Crippen LogP contribution in [0.2, 0.25) is 0 Å². The van der Waals surface area contributed by atoms with Crippen LogP contribution in [-0.4, -0.2) is 76.9 Å². The van der Waals surface area contributed by atoms with Crippen molar-refractivity contribution in [1.82, 2.24) is 9.62 Å². The van der Waals surface area contributed by atoms with Crippen molar-refractivity contribution >= 4 is 26.0 Å². The SMILES string of the molecule is CC(C)CN(C[C@@H](O)[C@H](Cc1ccccc1)NC(=O)C[C@H]1C2CO[C@H]3OC[C@@H]1C3C2)S(=O)(=O)c1ccc(S(N)(=O)=O)cc1. The summed E-state index contributed by atoms with van der Waals surface area (Å²) in [4.78, 5) is 13.1. The fourth-order valence-electron chi connectivity index (χ4n) is 6.75. The summed E-state index contributed by atoms with van der Waals surface area (Å²) in [6.07, 6.45) is 0.177. The van der Waals surface area contributed by atoms with E-state index in [0.717, 1.165) is 24.1 Å². The van der Waals surface area contributed by atoms with E-state index in [1.54, 1.807) is 0 Å². The number of sulfonamides is 2. The first kappa shape index (κ1) is 32.0. The van der Waals surface area contributed by atoms with Gasteiger partial charge in [0.25, 0.3) is 0 Å². The van der Waals surface area contributed by atoms with Crippen LogP contribution in [0.25, 0.3) is 0 Å². The maximum Gasteiger partial charge on any atom is 0.243 e. The van der Waals surface area contributed by atoms with Gasteiger partial charge < -0.3 is 19.9 Å². The zero-order chi connectivity index (χ0) is 30.9. The van der Waals surface area contributed by atoms with E-state index in [-0.39, 0.29) is 59.3 Å². The third kappa shape index (κ3) is 7.30. The van der Waals surface area contributed by atoms with E-state index >= 15 is 0 Å². The zero-order valence-electron chi connectivity index (χ0n) is 24.4. The quantitative estimate of drug-likeness (QED) is 0.299. The van der Waals surface area contributed by atoms with Crippen LogP contribution in [0.3, 0.4) is 0 Å². The van der Waals surface area contributed by atoms with Crippen molar-refractivity contribution in [3.8, 4) is 0 Å². The number of benzene rings is 2. The minimum atomic E-state index is -4.13. The lowest BCUT2D eigenvalue weighted by atomic mass is 9.86. The minimum absolute atomic E-state index is 0.0748. The number of ether oxygens (including phenoxy) is 2. The number of nitrogens with two attached hydrogens (primary N) is 1. The molecule has 0 spiro atoms. The summed E-state index contributed by atoms with van der Waals surface area (Å²) in [6.45, 7) is 4.72. The number of carbonyl (C=O) groups excluding carboxylic acids is 1. The molecule has 1 aliphatic carbocycles. The third-order valence-electron chi connectivity index (χ3n) is 8.84. The minimum Gasteiger partial charge on any atom is -0.390 e. The molecule has 2 aliphatic heterocycles. The average Bonchev–Trinajstić information content (AvgIpc) is 3.49. The number of hydrogen-bond acceptors (Lipinski definition) is 8. The van der Waals surface area contributed by atoms with Gasteiger partial charge in [0.2, 0.25) is 26.0 Å². The lowest BCUT2D eigenvalue weighted by Gasteiger charge is -2.31. The molecule has 0 aromatic heterocycles. The molecule has 4 N–H and O–H groups in total. The number of aliphatic hydroxyl groups is 1. The van der Waals surface area contributed by atoms with Gasteiger partial charge in [0.05, 0.1) is 35.2 Å². The molecule has 2 aromatic carbocycles. The molecule has 1 amide bonds. The van der Waals surface area contributed by atoms with E-state index in [2.05, 4.69) is 5.32 Å². The normalized spacial score (nSPS) is 26.5. The van der Waals surface area contributed by atoms with E-state index in [1.165, 1.54) is 16.4 Å². The first-order chi connectivity index (χ1) is 20.3. The van der Waals surface area contributed by atoms with Crippen molar-refractivity contribution < 1.29 is 36.2 Å². The fourth-order valence-corrected chi connectivity index (χ4v) is 8.89. The highest BCUT2D eigenvalue weighted by atomic mass is 32.2. The van der Waals surface area contributed by atoms with Crippen LogP contribution in [0.1, 0.15) is 32.3 Å². The van der Waals surface area contributed by atoms with Crippen molar-refractivity contribution in [3.63, 3.8) is 0 Å². The van der Waals surface area contributed by atoms with Gasteiger partial charge >= 0.3 is 0 Å². The maximum atomic E-state index is 13.7. The molecule has 11 nitrogen and oxygen atoms in total. The Labute approximate surface area is 253 Å². The maximum absolute atomic E-state index is 13.7. The highest BCUT2D eigenvalue weighted by Gasteiger charge is 2.54. The van der Waals surface area contributed by atoms with Crippen LogP contribution < -0.4 is 10.5 Å². The van der Waals surface area contributed by atoms with Crippen molar-refractivity contribution in [2.45, 2.75) is 61.3 Å². The number of nitrogens with zero attached hydrogens (tertiary/aromatic N) is 1.